The van der Waals surface area contributed by atoms with Gasteiger partial charge in [-0.1, -0.05) is 63.4 Å². The number of fused-ring (bicyclic) bond motifs is 2. The van der Waals surface area contributed by atoms with E-state index < -0.39 is 0 Å². The molecule has 1 saturated heterocycles. The molecule has 12 heteroatoms. The van der Waals surface area contributed by atoms with Gasteiger partial charge in [0.05, 0.1) is 25.3 Å². The third kappa shape index (κ3) is 7.22. The van der Waals surface area contributed by atoms with E-state index in [1.807, 2.05) is 49.4 Å². The van der Waals surface area contributed by atoms with Gasteiger partial charge in [0.25, 0.3) is 0 Å². The first-order valence-electron chi connectivity index (χ1n) is 14.9. The average molecular weight is 712 g/mol. The van der Waals surface area contributed by atoms with Crippen LogP contribution in [0.4, 0.5) is 0 Å². The van der Waals surface area contributed by atoms with Crippen LogP contribution in [-0.2, 0) is 40.2 Å². The van der Waals surface area contributed by atoms with Crippen molar-refractivity contribution in [1.29, 1.82) is 0 Å². The fraction of sp³-hybridized carbons (Fsp3) is 0.286. The molecule has 2 unspecified atom stereocenters. The van der Waals surface area contributed by atoms with Crippen LogP contribution in [0.5, 0.6) is 5.88 Å². The quantitative estimate of drug-likeness (QED) is 0.117. The monoisotopic (exact) mass is 710 g/mol. The molecular weight excluding hydrogens is 680 g/mol. The van der Waals surface area contributed by atoms with Crippen LogP contribution >= 0.6 is 23.2 Å². The van der Waals surface area contributed by atoms with Crippen LogP contribution in [0.3, 0.4) is 0 Å². The minimum atomic E-state index is -0.166. The van der Waals surface area contributed by atoms with Gasteiger partial charge in [-0.05, 0) is 31.0 Å². The number of carbonyl (C=O) groups excluding carboxylic acids is 1. The van der Waals surface area contributed by atoms with E-state index in [2.05, 4.69) is 27.2 Å². The van der Waals surface area contributed by atoms with Crippen LogP contribution in [0.15, 0.2) is 71.8 Å². The summed E-state index contributed by atoms with van der Waals surface area (Å²) in [4.78, 5) is 34.3. The maximum atomic E-state index is 12.0. The van der Waals surface area contributed by atoms with E-state index in [9.17, 15) is 9.59 Å². The summed E-state index contributed by atoms with van der Waals surface area (Å²) >= 11 is 13.2. The minimum absolute atomic E-state index is 0. The first-order chi connectivity index (χ1) is 22.3. The molecule has 1 radical (unpaired) electrons. The number of likely N-dealkylation sites (tertiary alicyclic amines) is 1. The molecule has 2 atom stereocenters. The van der Waals surface area contributed by atoms with Crippen molar-refractivity contribution in [2.45, 2.75) is 13.5 Å². The molecule has 3 aromatic heterocycles. The summed E-state index contributed by atoms with van der Waals surface area (Å²) in [6, 6.07) is 20.2. The third-order valence-electron chi connectivity index (χ3n) is 8.40. The molecule has 2 aliphatic rings. The maximum Gasteiger partial charge on any atom is 2.00 e. The van der Waals surface area contributed by atoms with Crippen LogP contribution in [0.25, 0.3) is 33.2 Å². The summed E-state index contributed by atoms with van der Waals surface area (Å²) in [6.07, 6.45) is 5.84. The first-order valence-corrected chi connectivity index (χ1v) is 15.6. The summed E-state index contributed by atoms with van der Waals surface area (Å²) in [6.45, 7) is 4.80. The topological polar surface area (TPSA) is 99.4 Å². The number of methoxy groups -OCH3 is 1. The molecule has 1 aliphatic heterocycles. The zero-order valence-corrected chi connectivity index (χ0v) is 28.6. The number of carbonyl (C=O) groups is 1. The number of pyridine rings is 2. The zero-order valence-electron chi connectivity index (χ0n) is 25.9. The SMILES string of the molecule is CCOC(=O)C1C2CN(Cc3ccc(-c4cccc(-c5ccc[c-]c5Cl)c4Cl)nc3OC)CC21.Cn1ncc2ccn[c-]c2c1=O.[Mn+2]. The fourth-order valence-electron chi connectivity index (χ4n) is 6.06. The van der Waals surface area contributed by atoms with Gasteiger partial charge in [-0.2, -0.15) is 29.4 Å². The number of piperidine rings is 1. The van der Waals surface area contributed by atoms with Crippen molar-refractivity contribution < 1.29 is 31.3 Å². The van der Waals surface area contributed by atoms with Crippen molar-refractivity contribution in [1.82, 2.24) is 24.6 Å². The molecule has 0 spiro atoms. The van der Waals surface area contributed by atoms with Gasteiger partial charge in [-0.15, -0.1) is 23.2 Å². The summed E-state index contributed by atoms with van der Waals surface area (Å²) < 4.78 is 12.1. The van der Waals surface area contributed by atoms with Gasteiger partial charge < -0.3 is 19.3 Å². The standard InChI is InChI=1S/C27H25Cl2N2O3.C8H6N3O.Mn/c1-3-34-27(32)24-20-14-31(15-21(20)24)13-16-11-12-23(30-26(16)33-2)19-9-6-8-18(25(19)29)17-7-4-5-10-22(17)28;1-11-8(12)7-5-9-3-2-6(7)4-10-11;/h4-9,11-12,20-21,24H,3,13-15H2,1-2H3;2-4H,1H3;/q2*-1;+2. The number of benzene rings is 2. The summed E-state index contributed by atoms with van der Waals surface area (Å²) in [5.41, 5.74) is 4.04. The second-order valence-corrected chi connectivity index (χ2v) is 11.9. The Bertz CT molecular complexity index is 1960. The first kappa shape index (κ1) is 34.5. The number of rotatable bonds is 7. The molecule has 1 aliphatic carbocycles. The number of hydrogen-bond acceptors (Lipinski definition) is 8. The number of esters is 1. The van der Waals surface area contributed by atoms with Gasteiger partial charge in [-0.25, -0.2) is 4.98 Å². The largest absolute Gasteiger partial charge is 2.00 e. The Balaban J connectivity index is 0.000000280. The number of nitrogens with zero attached hydrogens (tertiary/aromatic N) is 5. The summed E-state index contributed by atoms with van der Waals surface area (Å²) in [5.74, 6) is 1.41. The molecule has 2 fully saturated rings. The summed E-state index contributed by atoms with van der Waals surface area (Å²) in [5, 5.41) is 6.22. The molecule has 0 N–H and O–H groups in total. The molecule has 5 aromatic rings. The van der Waals surface area contributed by atoms with Gasteiger partial charge in [0.2, 0.25) is 5.88 Å². The van der Waals surface area contributed by atoms with Gasteiger partial charge in [-0.3, -0.25) is 14.4 Å². The van der Waals surface area contributed by atoms with Crippen molar-refractivity contribution in [3.8, 4) is 28.3 Å². The molecule has 0 amide bonds. The van der Waals surface area contributed by atoms with E-state index in [0.29, 0.717) is 39.8 Å². The van der Waals surface area contributed by atoms with E-state index in [0.717, 1.165) is 53.0 Å². The molecule has 0 bridgehead atoms. The number of ether oxygens (including phenoxy) is 2. The van der Waals surface area contributed by atoms with E-state index in [1.54, 1.807) is 38.7 Å². The molecule has 241 valence electrons. The third-order valence-corrected chi connectivity index (χ3v) is 9.12. The fourth-order valence-corrected chi connectivity index (χ4v) is 6.61. The van der Waals surface area contributed by atoms with E-state index in [1.165, 1.54) is 4.68 Å². The molecule has 1 saturated carbocycles. The maximum absolute atomic E-state index is 12.0. The Hall–Kier alpha value is -3.79. The normalized spacial score (nSPS) is 18.0. The zero-order chi connectivity index (χ0) is 32.4. The minimum Gasteiger partial charge on any atom is -0.481 e. The van der Waals surface area contributed by atoms with Gasteiger partial charge in [0.1, 0.15) is 0 Å². The number of aromatic nitrogens is 4. The van der Waals surface area contributed by atoms with E-state index >= 15 is 0 Å². The average Bonchev–Trinajstić information content (AvgIpc) is 3.58. The Labute approximate surface area is 293 Å². The Morgan fingerprint density at radius 3 is 2.51 bits per heavy atom. The van der Waals surface area contributed by atoms with Crippen LogP contribution in [-0.4, -0.2) is 57.4 Å². The van der Waals surface area contributed by atoms with Crippen molar-refractivity contribution in [2.75, 3.05) is 26.8 Å². The Morgan fingerprint density at radius 1 is 1.04 bits per heavy atom. The van der Waals surface area contributed by atoms with Gasteiger partial charge in [0.15, 0.2) is 5.56 Å². The second kappa shape index (κ2) is 15.0. The van der Waals surface area contributed by atoms with E-state index in [4.69, 9.17) is 37.7 Å². The smallest absolute Gasteiger partial charge is 0.481 e. The Morgan fingerprint density at radius 2 is 1.79 bits per heavy atom. The predicted molar refractivity (Wildman–Crippen MR) is 177 cm³/mol. The van der Waals surface area contributed by atoms with Crippen molar-refractivity contribution in [3.05, 3.63) is 105 Å². The second-order valence-electron chi connectivity index (χ2n) is 11.2. The van der Waals surface area contributed by atoms with Gasteiger partial charge >= 0.3 is 23.0 Å². The van der Waals surface area contributed by atoms with Gasteiger partial charge in [0, 0.05) is 49.0 Å². The van der Waals surface area contributed by atoms with Crippen LogP contribution < -0.4 is 10.3 Å². The van der Waals surface area contributed by atoms with Crippen LogP contribution in [0, 0.1) is 30.0 Å². The molecule has 4 heterocycles. The number of aryl methyl sites for hydroxylation is 1. The number of halogens is 2. The summed E-state index contributed by atoms with van der Waals surface area (Å²) in [7, 11) is 3.23. The van der Waals surface area contributed by atoms with Crippen LogP contribution in [0.2, 0.25) is 10.0 Å². The molecular formula is C35H31Cl2MnN5O4. The van der Waals surface area contributed by atoms with Crippen molar-refractivity contribution >= 4 is 39.9 Å². The number of hydrogen-bond donors (Lipinski definition) is 0. The van der Waals surface area contributed by atoms with Crippen LogP contribution in [0.1, 0.15) is 12.5 Å². The van der Waals surface area contributed by atoms with E-state index in [-0.39, 0.29) is 34.5 Å². The Kier molecular flexibility index (Phi) is 11.0. The van der Waals surface area contributed by atoms with Crippen molar-refractivity contribution in [2.24, 2.45) is 24.8 Å². The van der Waals surface area contributed by atoms with Crippen molar-refractivity contribution in [3.63, 3.8) is 0 Å². The molecule has 2 aromatic carbocycles. The molecule has 9 nitrogen and oxygen atoms in total. The predicted octanol–water partition coefficient (Wildman–Crippen LogP) is 5.90. The molecule has 7 rings (SSSR count). The molecule has 47 heavy (non-hydrogen) atoms.